The maximum atomic E-state index is 12.8. The minimum atomic E-state index is -0.187. The molecule has 2 aromatic rings. The topological polar surface area (TPSA) is 38.8 Å². The Labute approximate surface area is 160 Å². The number of ether oxygens (including phenoxy) is 2. The Morgan fingerprint density at radius 1 is 1.12 bits per heavy atom. The molecule has 7 heteroatoms. The molecule has 0 unspecified atom stereocenters. The van der Waals surface area contributed by atoms with Gasteiger partial charge >= 0.3 is 0 Å². The first-order valence-electron chi connectivity index (χ1n) is 7.29. The third-order valence-corrected chi connectivity index (χ3v) is 5.14. The number of benzene rings is 2. The molecule has 0 N–H and O–H groups in total. The van der Waals surface area contributed by atoms with Gasteiger partial charge in [-0.3, -0.25) is 9.69 Å². The molecule has 1 heterocycles. The van der Waals surface area contributed by atoms with E-state index in [0.717, 1.165) is 5.56 Å². The molecule has 0 atom stereocenters. The molecule has 1 aliphatic heterocycles. The van der Waals surface area contributed by atoms with Crippen LogP contribution in [0.4, 0.5) is 5.69 Å². The molecular formula is C18H14ClNO3S2. The van der Waals surface area contributed by atoms with E-state index in [1.54, 1.807) is 50.6 Å². The highest BCUT2D eigenvalue weighted by Crippen LogP contribution is 2.41. The number of thiocarbonyl (C=S) groups is 1. The molecule has 4 nitrogen and oxygen atoms in total. The summed E-state index contributed by atoms with van der Waals surface area (Å²) in [6.07, 6.45) is 1.80. The Balaban J connectivity index is 1.95. The third-order valence-electron chi connectivity index (χ3n) is 3.59. The van der Waals surface area contributed by atoms with E-state index >= 15 is 0 Å². The summed E-state index contributed by atoms with van der Waals surface area (Å²) >= 11 is 12.6. The maximum absolute atomic E-state index is 12.8. The fraction of sp³-hybridized carbons (Fsp3) is 0.111. The number of anilines is 1. The van der Waals surface area contributed by atoms with Gasteiger partial charge in [-0.25, -0.2) is 0 Å². The molecule has 128 valence electrons. The Morgan fingerprint density at radius 3 is 2.48 bits per heavy atom. The molecule has 1 fully saturated rings. The molecule has 0 radical (unpaired) electrons. The maximum Gasteiger partial charge on any atom is 0.270 e. The summed E-state index contributed by atoms with van der Waals surface area (Å²) in [7, 11) is 3.11. The molecule has 0 aromatic heterocycles. The highest BCUT2D eigenvalue weighted by molar-refractivity contribution is 8.27. The molecule has 0 saturated carbocycles. The van der Waals surface area contributed by atoms with Gasteiger partial charge in [0, 0.05) is 11.1 Å². The van der Waals surface area contributed by atoms with Gasteiger partial charge in [0.05, 0.1) is 24.8 Å². The summed E-state index contributed by atoms with van der Waals surface area (Å²) in [5.41, 5.74) is 1.47. The monoisotopic (exact) mass is 391 g/mol. The lowest BCUT2D eigenvalue weighted by Gasteiger charge is -2.18. The molecule has 1 amide bonds. The smallest absolute Gasteiger partial charge is 0.270 e. The summed E-state index contributed by atoms with van der Waals surface area (Å²) < 4.78 is 11.0. The normalized spacial score (nSPS) is 15.8. The number of nitrogens with zero attached hydrogens (tertiary/aromatic N) is 1. The first-order chi connectivity index (χ1) is 12.0. The van der Waals surface area contributed by atoms with Crippen LogP contribution in [-0.4, -0.2) is 24.4 Å². The quantitative estimate of drug-likeness (QED) is 0.554. The number of halogens is 1. The molecule has 3 rings (SSSR count). The van der Waals surface area contributed by atoms with Crippen LogP contribution in [0.3, 0.4) is 0 Å². The second-order valence-electron chi connectivity index (χ2n) is 5.11. The van der Waals surface area contributed by atoms with Crippen molar-refractivity contribution in [3.63, 3.8) is 0 Å². The molecule has 0 bridgehead atoms. The van der Waals surface area contributed by atoms with Crippen LogP contribution in [0.25, 0.3) is 6.08 Å². The van der Waals surface area contributed by atoms with Crippen molar-refractivity contribution in [3.05, 3.63) is 58.0 Å². The number of hydrogen-bond acceptors (Lipinski definition) is 5. The van der Waals surface area contributed by atoms with Crippen molar-refractivity contribution in [3.8, 4) is 11.5 Å². The number of thioether (sulfide) groups is 1. The largest absolute Gasteiger partial charge is 0.497 e. The number of hydrogen-bond donors (Lipinski definition) is 0. The van der Waals surface area contributed by atoms with Crippen LogP contribution in [0.2, 0.25) is 5.02 Å². The second-order valence-corrected chi connectivity index (χ2v) is 7.22. The number of carbonyl (C=O) groups is 1. The van der Waals surface area contributed by atoms with Crippen LogP contribution < -0.4 is 14.4 Å². The lowest BCUT2D eigenvalue weighted by molar-refractivity contribution is -0.113. The van der Waals surface area contributed by atoms with Gasteiger partial charge in [0.15, 0.2) is 4.32 Å². The molecule has 2 aromatic carbocycles. The van der Waals surface area contributed by atoms with Gasteiger partial charge in [-0.1, -0.05) is 47.7 Å². The van der Waals surface area contributed by atoms with Crippen molar-refractivity contribution in [2.75, 3.05) is 19.1 Å². The summed E-state index contributed by atoms with van der Waals surface area (Å²) in [5, 5.41) is 0.646. The zero-order valence-electron chi connectivity index (χ0n) is 13.5. The van der Waals surface area contributed by atoms with Crippen molar-refractivity contribution >= 4 is 57.6 Å². The fourth-order valence-electron chi connectivity index (χ4n) is 2.36. The Bertz CT molecular complexity index is 865. The van der Waals surface area contributed by atoms with E-state index < -0.39 is 0 Å². The third kappa shape index (κ3) is 3.66. The van der Waals surface area contributed by atoms with Crippen molar-refractivity contribution in [1.82, 2.24) is 0 Å². The molecule has 1 saturated heterocycles. The SMILES string of the molecule is COc1ccc(N2C(=O)/C(=C/c3ccc(Cl)cc3)SC2=S)c(OC)c1. The zero-order chi connectivity index (χ0) is 18.0. The lowest BCUT2D eigenvalue weighted by atomic mass is 10.2. The van der Waals surface area contributed by atoms with E-state index in [1.807, 2.05) is 12.1 Å². The average molecular weight is 392 g/mol. The first-order valence-corrected chi connectivity index (χ1v) is 8.89. The summed E-state index contributed by atoms with van der Waals surface area (Å²) in [5.74, 6) is 0.972. The van der Waals surface area contributed by atoms with E-state index in [2.05, 4.69) is 0 Å². The van der Waals surface area contributed by atoms with E-state index in [-0.39, 0.29) is 5.91 Å². The van der Waals surface area contributed by atoms with Gasteiger partial charge < -0.3 is 9.47 Å². The standard InChI is InChI=1S/C18H14ClNO3S2/c1-22-13-7-8-14(15(10-13)23-2)20-17(21)16(25-18(20)24)9-11-3-5-12(19)6-4-11/h3-10H,1-2H3/b16-9-. The van der Waals surface area contributed by atoms with E-state index in [0.29, 0.717) is 31.4 Å². The second kappa shape index (κ2) is 7.47. The van der Waals surface area contributed by atoms with Gasteiger partial charge in [0.25, 0.3) is 5.91 Å². The van der Waals surface area contributed by atoms with Crippen molar-refractivity contribution in [2.24, 2.45) is 0 Å². The van der Waals surface area contributed by atoms with Crippen molar-refractivity contribution < 1.29 is 14.3 Å². The van der Waals surface area contributed by atoms with Crippen LogP contribution in [0.1, 0.15) is 5.56 Å². The summed E-state index contributed by atoms with van der Waals surface area (Å²) in [4.78, 5) is 14.9. The predicted molar refractivity (Wildman–Crippen MR) is 107 cm³/mol. The predicted octanol–water partition coefficient (Wildman–Crippen LogP) is 4.76. The van der Waals surface area contributed by atoms with Gasteiger partial charge in [-0.2, -0.15) is 0 Å². The Hall–Kier alpha value is -2.02. The van der Waals surface area contributed by atoms with Crippen LogP contribution >= 0.6 is 35.6 Å². The Morgan fingerprint density at radius 2 is 1.84 bits per heavy atom. The van der Waals surface area contributed by atoms with Crippen molar-refractivity contribution in [1.29, 1.82) is 0 Å². The van der Waals surface area contributed by atoms with E-state index in [1.165, 1.54) is 16.7 Å². The van der Waals surface area contributed by atoms with Gasteiger partial charge in [0.2, 0.25) is 0 Å². The number of methoxy groups -OCH3 is 2. The highest BCUT2D eigenvalue weighted by atomic mass is 35.5. The van der Waals surface area contributed by atoms with Gasteiger partial charge in [-0.05, 0) is 35.9 Å². The van der Waals surface area contributed by atoms with Crippen LogP contribution in [0.15, 0.2) is 47.4 Å². The minimum absolute atomic E-state index is 0.187. The number of carbonyl (C=O) groups excluding carboxylic acids is 1. The fourth-order valence-corrected chi connectivity index (χ4v) is 3.77. The molecule has 0 aliphatic carbocycles. The van der Waals surface area contributed by atoms with E-state index in [9.17, 15) is 4.79 Å². The number of rotatable bonds is 4. The Kier molecular flexibility index (Phi) is 5.32. The zero-order valence-corrected chi connectivity index (χ0v) is 15.9. The van der Waals surface area contributed by atoms with Crippen LogP contribution in [-0.2, 0) is 4.79 Å². The molecular weight excluding hydrogens is 378 g/mol. The summed E-state index contributed by atoms with van der Waals surface area (Å²) in [6.45, 7) is 0. The summed E-state index contributed by atoms with van der Waals surface area (Å²) in [6, 6.07) is 12.5. The molecule has 1 aliphatic rings. The van der Waals surface area contributed by atoms with Gasteiger partial charge in [-0.15, -0.1) is 0 Å². The van der Waals surface area contributed by atoms with Crippen LogP contribution in [0, 0.1) is 0 Å². The molecule has 25 heavy (non-hydrogen) atoms. The minimum Gasteiger partial charge on any atom is -0.497 e. The highest BCUT2D eigenvalue weighted by Gasteiger charge is 2.35. The van der Waals surface area contributed by atoms with E-state index in [4.69, 9.17) is 33.3 Å². The first kappa shape index (κ1) is 17.8. The molecule has 0 spiro atoms. The van der Waals surface area contributed by atoms with Crippen LogP contribution in [0.5, 0.6) is 11.5 Å². The average Bonchev–Trinajstić information content (AvgIpc) is 2.90. The van der Waals surface area contributed by atoms with Crippen molar-refractivity contribution in [2.45, 2.75) is 0 Å². The van der Waals surface area contributed by atoms with Gasteiger partial charge in [0.1, 0.15) is 11.5 Å². The number of amides is 1. The lowest BCUT2D eigenvalue weighted by Crippen LogP contribution is -2.27.